The number of carbonyl (C=O) groups is 1. The molecular formula is C17H27N5OS. The summed E-state index contributed by atoms with van der Waals surface area (Å²) in [6, 6.07) is 0.0319. The topological polar surface area (TPSA) is 61.4 Å². The van der Waals surface area contributed by atoms with E-state index in [1.165, 1.54) is 5.56 Å². The normalized spacial score (nSPS) is 21.4. The first-order valence-corrected chi connectivity index (χ1v) is 9.99. The minimum absolute atomic E-state index is 0.0319. The van der Waals surface area contributed by atoms with E-state index < -0.39 is 0 Å². The quantitative estimate of drug-likeness (QED) is 0.815. The van der Waals surface area contributed by atoms with Crippen molar-refractivity contribution in [3.8, 4) is 0 Å². The van der Waals surface area contributed by atoms with E-state index in [1.807, 2.05) is 23.7 Å². The number of aromatic nitrogens is 2. The third-order valence-electron chi connectivity index (χ3n) is 4.81. The molecule has 0 unspecified atom stereocenters. The second-order valence-electron chi connectivity index (χ2n) is 6.53. The molecule has 24 heavy (non-hydrogen) atoms. The lowest BCUT2D eigenvalue weighted by Crippen LogP contribution is -2.46. The fourth-order valence-corrected chi connectivity index (χ4v) is 4.47. The van der Waals surface area contributed by atoms with Crippen molar-refractivity contribution < 1.29 is 4.79 Å². The summed E-state index contributed by atoms with van der Waals surface area (Å²) in [7, 11) is 2.04. The number of hydrogen-bond donors (Lipinski definition) is 1. The summed E-state index contributed by atoms with van der Waals surface area (Å²) < 4.78 is 0. The molecule has 7 heteroatoms. The van der Waals surface area contributed by atoms with E-state index in [-0.39, 0.29) is 11.9 Å². The largest absolute Gasteiger partial charge is 0.370 e. The Bertz CT molecular complexity index is 582. The highest BCUT2D eigenvalue weighted by Gasteiger charge is 2.32. The Morgan fingerprint density at radius 3 is 2.96 bits per heavy atom. The molecule has 0 aliphatic carbocycles. The molecule has 6 nitrogen and oxygen atoms in total. The number of anilines is 1. The molecule has 0 spiro atoms. The molecule has 0 radical (unpaired) electrons. The molecule has 1 N–H and O–H groups in total. The molecule has 3 rings (SSSR count). The average Bonchev–Trinajstić information content (AvgIpc) is 2.89. The summed E-state index contributed by atoms with van der Waals surface area (Å²) in [6.07, 6.45) is 5.59. The molecule has 1 atom stereocenters. The average molecular weight is 350 g/mol. The van der Waals surface area contributed by atoms with Gasteiger partial charge in [-0.3, -0.25) is 9.69 Å². The minimum Gasteiger partial charge on any atom is -0.370 e. The van der Waals surface area contributed by atoms with Gasteiger partial charge in [-0.2, -0.15) is 0 Å². The molecule has 1 amide bonds. The maximum Gasteiger partial charge on any atom is 0.240 e. The van der Waals surface area contributed by atoms with Gasteiger partial charge < -0.3 is 10.2 Å². The minimum atomic E-state index is 0.0319. The zero-order valence-corrected chi connectivity index (χ0v) is 15.4. The highest BCUT2D eigenvalue weighted by molar-refractivity contribution is 7.99. The summed E-state index contributed by atoms with van der Waals surface area (Å²) in [6.45, 7) is 4.64. The lowest BCUT2D eigenvalue weighted by molar-refractivity contribution is -0.135. The van der Waals surface area contributed by atoms with Crippen molar-refractivity contribution in [1.82, 2.24) is 19.8 Å². The number of likely N-dealkylation sites (N-methyl/N-ethyl adjacent to an activating group) is 1. The van der Waals surface area contributed by atoms with Crippen LogP contribution in [0, 0.1) is 0 Å². The van der Waals surface area contributed by atoms with Gasteiger partial charge in [0.15, 0.2) is 0 Å². The number of nitrogens with zero attached hydrogens (tertiary/aromatic N) is 4. The van der Waals surface area contributed by atoms with Crippen molar-refractivity contribution in [2.75, 3.05) is 43.6 Å². The number of nitrogens with one attached hydrogen (secondary N) is 1. The Labute approximate surface area is 148 Å². The van der Waals surface area contributed by atoms with Crippen LogP contribution in [-0.4, -0.2) is 70.0 Å². The molecule has 0 bridgehead atoms. The van der Waals surface area contributed by atoms with Gasteiger partial charge in [-0.05, 0) is 19.9 Å². The maximum atomic E-state index is 12.8. The van der Waals surface area contributed by atoms with E-state index in [2.05, 4.69) is 27.1 Å². The van der Waals surface area contributed by atoms with Gasteiger partial charge in [0, 0.05) is 43.2 Å². The molecule has 132 valence electrons. The van der Waals surface area contributed by atoms with E-state index in [0.717, 1.165) is 68.5 Å². The molecule has 1 saturated heterocycles. The summed E-state index contributed by atoms with van der Waals surface area (Å²) >= 11 is 1.83. The standard InChI is InChI=1S/C17H27N5OS/c1-3-4-7-18-16-13-5-8-22(9-6-14(13)19-11-20-16)17(23)15-10-24-12-21(15)2/h11,15H,3-10,12H2,1-2H3,(H,18,19,20)/t15-/m0/s1. The second kappa shape index (κ2) is 8.16. The number of carbonyl (C=O) groups excluding carboxylic acids is 1. The van der Waals surface area contributed by atoms with Crippen molar-refractivity contribution in [3.05, 3.63) is 17.6 Å². The zero-order valence-electron chi connectivity index (χ0n) is 14.6. The van der Waals surface area contributed by atoms with Gasteiger partial charge in [0.1, 0.15) is 12.1 Å². The summed E-state index contributed by atoms with van der Waals surface area (Å²) in [4.78, 5) is 25.9. The van der Waals surface area contributed by atoms with Crippen LogP contribution in [0.4, 0.5) is 5.82 Å². The van der Waals surface area contributed by atoms with E-state index in [4.69, 9.17) is 0 Å². The molecule has 2 aliphatic rings. The van der Waals surface area contributed by atoms with E-state index in [9.17, 15) is 4.79 Å². The van der Waals surface area contributed by atoms with Gasteiger partial charge in [0.2, 0.25) is 5.91 Å². The molecule has 1 fully saturated rings. The van der Waals surface area contributed by atoms with E-state index >= 15 is 0 Å². The lowest BCUT2D eigenvalue weighted by atomic mass is 10.1. The molecule has 3 heterocycles. The number of rotatable bonds is 5. The maximum absolute atomic E-state index is 12.8. The van der Waals surface area contributed by atoms with Crippen molar-refractivity contribution in [3.63, 3.8) is 0 Å². The molecule has 2 aliphatic heterocycles. The van der Waals surface area contributed by atoms with Gasteiger partial charge in [-0.1, -0.05) is 13.3 Å². The second-order valence-corrected chi connectivity index (χ2v) is 7.53. The molecule has 1 aromatic rings. The highest BCUT2D eigenvalue weighted by Crippen LogP contribution is 2.24. The molecule has 1 aromatic heterocycles. The first kappa shape index (κ1) is 17.5. The van der Waals surface area contributed by atoms with E-state index in [0.29, 0.717) is 0 Å². The van der Waals surface area contributed by atoms with Crippen LogP contribution in [0.2, 0.25) is 0 Å². The Hall–Kier alpha value is -1.34. The van der Waals surface area contributed by atoms with Crippen LogP contribution in [0.25, 0.3) is 0 Å². The van der Waals surface area contributed by atoms with Crippen LogP contribution in [0.5, 0.6) is 0 Å². The first-order chi connectivity index (χ1) is 11.7. The van der Waals surface area contributed by atoms with Crippen LogP contribution in [-0.2, 0) is 17.6 Å². The van der Waals surface area contributed by atoms with Crippen molar-refractivity contribution >= 4 is 23.5 Å². The molecule has 0 saturated carbocycles. The Kier molecular flexibility index (Phi) is 5.94. The SMILES string of the molecule is CCCCNc1ncnc2c1CCN(C(=O)[C@@H]1CSCN1C)CC2. The molecular weight excluding hydrogens is 322 g/mol. The van der Waals surface area contributed by atoms with Gasteiger partial charge >= 0.3 is 0 Å². The van der Waals surface area contributed by atoms with Crippen molar-refractivity contribution in [1.29, 1.82) is 0 Å². The van der Waals surface area contributed by atoms with Crippen LogP contribution in [0.15, 0.2) is 6.33 Å². The zero-order chi connectivity index (χ0) is 16.9. The fraction of sp³-hybridized carbons (Fsp3) is 0.706. The predicted octanol–water partition coefficient (Wildman–Crippen LogP) is 1.62. The van der Waals surface area contributed by atoms with Crippen LogP contribution >= 0.6 is 11.8 Å². The Morgan fingerprint density at radius 2 is 2.21 bits per heavy atom. The number of unbranched alkanes of at least 4 members (excludes halogenated alkanes) is 1. The van der Waals surface area contributed by atoms with Crippen molar-refractivity contribution in [2.45, 2.75) is 38.6 Å². The lowest BCUT2D eigenvalue weighted by Gasteiger charge is -2.26. The number of amides is 1. The summed E-state index contributed by atoms with van der Waals surface area (Å²) in [5.41, 5.74) is 2.28. The van der Waals surface area contributed by atoms with Crippen LogP contribution in [0.1, 0.15) is 31.0 Å². The van der Waals surface area contributed by atoms with Crippen LogP contribution < -0.4 is 5.32 Å². The Balaban J connectivity index is 1.68. The fourth-order valence-electron chi connectivity index (χ4n) is 3.28. The number of hydrogen-bond acceptors (Lipinski definition) is 6. The summed E-state index contributed by atoms with van der Waals surface area (Å²) in [5, 5.41) is 3.44. The van der Waals surface area contributed by atoms with Crippen molar-refractivity contribution in [2.24, 2.45) is 0 Å². The first-order valence-electron chi connectivity index (χ1n) is 8.84. The third kappa shape index (κ3) is 3.83. The predicted molar refractivity (Wildman–Crippen MR) is 98.3 cm³/mol. The van der Waals surface area contributed by atoms with E-state index in [1.54, 1.807) is 6.33 Å². The van der Waals surface area contributed by atoms with Gasteiger partial charge in [-0.25, -0.2) is 9.97 Å². The summed E-state index contributed by atoms with van der Waals surface area (Å²) in [5.74, 6) is 3.07. The third-order valence-corrected chi connectivity index (χ3v) is 5.95. The highest BCUT2D eigenvalue weighted by atomic mass is 32.2. The monoisotopic (exact) mass is 349 g/mol. The van der Waals surface area contributed by atoms with Gasteiger partial charge in [-0.15, -0.1) is 11.8 Å². The number of fused-ring (bicyclic) bond motifs is 1. The van der Waals surface area contributed by atoms with Gasteiger partial charge in [0.05, 0.1) is 11.7 Å². The Morgan fingerprint density at radius 1 is 1.38 bits per heavy atom. The van der Waals surface area contributed by atoms with Crippen LogP contribution in [0.3, 0.4) is 0 Å². The van der Waals surface area contributed by atoms with Gasteiger partial charge in [0.25, 0.3) is 0 Å². The molecule has 0 aromatic carbocycles. The number of thioether (sulfide) groups is 1. The smallest absolute Gasteiger partial charge is 0.240 e.